The molecule has 1 atom stereocenters. The van der Waals surface area contributed by atoms with Crippen molar-refractivity contribution < 1.29 is 23.9 Å². The second-order valence-corrected chi connectivity index (χ2v) is 8.03. The summed E-state index contributed by atoms with van der Waals surface area (Å²) in [5.74, 6) is -1.37. The molecule has 28 heavy (non-hydrogen) atoms. The van der Waals surface area contributed by atoms with Gasteiger partial charge < -0.3 is 15.0 Å². The predicted molar refractivity (Wildman–Crippen MR) is 97.2 cm³/mol. The minimum absolute atomic E-state index is 0.170. The average Bonchev–Trinajstić information content (AvgIpc) is 2.92. The van der Waals surface area contributed by atoms with Crippen LogP contribution in [0.5, 0.6) is 0 Å². The first-order chi connectivity index (χ1) is 13.0. The van der Waals surface area contributed by atoms with E-state index in [2.05, 4.69) is 15.7 Å². The van der Waals surface area contributed by atoms with Crippen LogP contribution in [-0.2, 0) is 34.3 Å². The number of amides is 4. The van der Waals surface area contributed by atoms with Crippen molar-refractivity contribution in [2.45, 2.75) is 58.2 Å². The smallest absolute Gasteiger partial charge is 0.410 e. The zero-order chi connectivity index (χ0) is 20.6. The van der Waals surface area contributed by atoms with Gasteiger partial charge in [-0.3, -0.25) is 24.4 Å². The highest BCUT2D eigenvalue weighted by molar-refractivity contribution is 6.03. The molecule has 2 N–H and O–H groups in total. The molecular weight excluding hydrogens is 366 g/mol. The molecule has 0 spiro atoms. The van der Waals surface area contributed by atoms with Crippen molar-refractivity contribution in [1.82, 2.24) is 25.3 Å². The van der Waals surface area contributed by atoms with E-state index in [1.807, 2.05) is 0 Å². The number of hydrogen-bond donors (Lipinski definition) is 2. The summed E-state index contributed by atoms with van der Waals surface area (Å²) < 4.78 is 7.05. The van der Waals surface area contributed by atoms with Crippen LogP contribution in [0.2, 0.25) is 0 Å². The van der Waals surface area contributed by atoms with Crippen LogP contribution in [-0.4, -0.2) is 56.7 Å². The molecule has 10 nitrogen and oxygen atoms in total. The van der Waals surface area contributed by atoms with Crippen LogP contribution in [0.3, 0.4) is 0 Å². The van der Waals surface area contributed by atoms with E-state index in [0.717, 1.165) is 5.69 Å². The summed E-state index contributed by atoms with van der Waals surface area (Å²) in [6.07, 6.45) is 0.515. The van der Waals surface area contributed by atoms with Gasteiger partial charge in [0, 0.05) is 37.7 Å². The number of hydrogen-bond acceptors (Lipinski definition) is 6. The second kappa shape index (κ2) is 7.25. The highest BCUT2D eigenvalue weighted by atomic mass is 16.6. The molecule has 152 valence electrons. The molecule has 1 aromatic rings. The lowest BCUT2D eigenvalue weighted by Crippen LogP contribution is -2.52. The van der Waals surface area contributed by atoms with Crippen LogP contribution in [0.25, 0.3) is 0 Å². The van der Waals surface area contributed by atoms with E-state index in [-0.39, 0.29) is 31.0 Å². The Morgan fingerprint density at radius 1 is 1.25 bits per heavy atom. The summed E-state index contributed by atoms with van der Waals surface area (Å²) in [6.45, 7) is 6.06. The first kappa shape index (κ1) is 19.8. The maximum Gasteiger partial charge on any atom is 0.410 e. The molecule has 2 aliphatic rings. The van der Waals surface area contributed by atoms with E-state index in [4.69, 9.17) is 4.74 Å². The molecular formula is C18H25N5O5. The van der Waals surface area contributed by atoms with E-state index in [9.17, 15) is 19.2 Å². The number of fused-ring (bicyclic) bond motifs is 1. The van der Waals surface area contributed by atoms with Crippen molar-refractivity contribution >= 4 is 23.8 Å². The van der Waals surface area contributed by atoms with Gasteiger partial charge in [0.05, 0.1) is 6.54 Å². The lowest BCUT2D eigenvalue weighted by atomic mass is 10.0. The van der Waals surface area contributed by atoms with Gasteiger partial charge in [0.25, 0.3) is 5.91 Å². The summed E-state index contributed by atoms with van der Waals surface area (Å²) in [7, 11) is 1.74. The molecule has 0 aromatic carbocycles. The van der Waals surface area contributed by atoms with Crippen LogP contribution in [0.4, 0.5) is 4.79 Å². The Morgan fingerprint density at radius 2 is 1.96 bits per heavy atom. The number of nitrogens with zero attached hydrogens (tertiary/aromatic N) is 3. The van der Waals surface area contributed by atoms with Gasteiger partial charge >= 0.3 is 6.09 Å². The van der Waals surface area contributed by atoms with E-state index in [1.165, 1.54) is 4.90 Å². The molecule has 1 unspecified atom stereocenters. The number of rotatable bonds is 2. The third-order valence-corrected chi connectivity index (χ3v) is 4.65. The van der Waals surface area contributed by atoms with Gasteiger partial charge in [-0.05, 0) is 27.2 Å². The average molecular weight is 391 g/mol. The molecule has 10 heteroatoms. The number of piperidine rings is 1. The van der Waals surface area contributed by atoms with Gasteiger partial charge in [0.2, 0.25) is 11.8 Å². The van der Waals surface area contributed by atoms with Crippen molar-refractivity contribution in [2.75, 3.05) is 6.54 Å². The lowest BCUT2D eigenvalue weighted by Gasteiger charge is -2.30. The first-order valence-electron chi connectivity index (χ1n) is 9.22. The Labute approximate surface area is 162 Å². The molecule has 0 aliphatic carbocycles. The van der Waals surface area contributed by atoms with E-state index >= 15 is 0 Å². The summed E-state index contributed by atoms with van der Waals surface area (Å²) in [4.78, 5) is 49.8. The number of ether oxygens (including phenoxy) is 1. The van der Waals surface area contributed by atoms with Gasteiger partial charge in [-0.2, -0.15) is 5.10 Å². The molecule has 0 radical (unpaired) electrons. The summed E-state index contributed by atoms with van der Waals surface area (Å²) >= 11 is 0. The molecule has 3 heterocycles. The largest absolute Gasteiger partial charge is 0.444 e. The Bertz CT molecular complexity index is 838. The van der Waals surface area contributed by atoms with Crippen molar-refractivity contribution in [3.63, 3.8) is 0 Å². The van der Waals surface area contributed by atoms with E-state index in [0.29, 0.717) is 18.5 Å². The number of carbonyl (C=O) groups is 4. The summed E-state index contributed by atoms with van der Waals surface area (Å²) in [5, 5.41) is 9.14. The molecule has 1 fully saturated rings. The summed E-state index contributed by atoms with van der Waals surface area (Å²) in [6, 6.07) is -0.784. The Balaban J connectivity index is 1.76. The van der Waals surface area contributed by atoms with E-state index in [1.54, 1.807) is 32.5 Å². The number of carbonyl (C=O) groups excluding carboxylic acids is 4. The quantitative estimate of drug-likeness (QED) is 0.697. The SMILES string of the molecule is Cn1nc(C(=O)NC2CCC(=O)NC2=O)c2c1CCN(C(=O)OC(C)(C)C)C2. The van der Waals surface area contributed by atoms with Gasteiger partial charge in [-0.1, -0.05) is 0 Å². The second-order valence-electron chi connectivity index (χ2n) is 8.03. The minimum Gasteiger partial charge on any atom is -0.444 e. The predicted octanol–water partition coefficient (Wildman–Crippen LogP) is 0.248. The molecule has 1 saturated heterocycles. The standard InChI is InChI=1S/C18H25N5O5/c1-18(2,3)28-17(27)23-8-7-12-10(9-23)14(21-22(12)4)16(26)19-11-5-6-13(24)20-15(11)25/h11H,5-9H2,1-4H3,(H,19,26)(H,20,24,25). The minimum atomic E-state index is -0.784. The fourth-order valence-corrected chi connectivity index (χ4v) is 3.31. The van der Waals surface area contributed by atoms with Crippen LogP contribution >= 0.6 is 0 Å². The number of aryl methyl sites for hydroxylation is 1. The zero-order valence-corrected chi connectivity index (χ0v) is 16.5. The highest BCUT2D eigenvalue weighted by Crippen LogP contribution is 2.24. The normalized spacial score (nSPS) is 19.7. The topological polar surface area (TPSA) is 123 Å². The maximum atomic E-state index is 12.7. The van der Waals surface area contributed by atoms with Crippen LogP contribution in [0, 0.1) is 0 Å². The van der Waals surface area contributed by atoms with Gasteiger partial charge in [-0.25, -0.2) is 4.79 Å². The van der Waals surface area contributed by atoms with Crippen molar-refractivity contribution in [3.8, 4) is 0 Å². The van der Waals surface area contributed by atoms with Gasteiger partial charge in [-0.15, -0.1) is 0 Å². The van der Waals surface area contributed by atoms with Crippen molar-refractivity contribution in [1.29, 1.82) is 0 Å². The summed E-state index contributed by atoms with van der Waals surface area (Å²) in [5.41, 5.74) is 1.08. The molecule has 3 rings (SSSR count). The number of nitrogens with one attached hydrogen (secondary N) is 2. The number of imide groups is 1. The third kappa shape index (κ3) is 4.15. The van der Waals surface area contributed by atoms with Gasteiger partial charge in [0.1, 0.15) is 11.6 Å². The molecule has 0 bridgehead atoms. The maximum absolute atomic E-state index is 12.7. The van der Waals surface area contributed by atoms with Crippen molar-refractivity contribution in [3.05, 3.63) is 17.0 Å². The van der Waals surface area contributed by atoms with Crippen LogP contribution in [0.1, 0.15) is 55.4 Å². The third-order valence-electron chi connectivity index (χ3n) is 4.65. The molecule has 4 amide bonds. The fourth-order valence-electron chi connectivity index (χ4n) is 3.31. The highest BCUT2D eigenvalue weighted by Gasteiger charge is 2.34. The fraction of sp³-hybridized carbons (Fsp3) is 0.611. The monoisotopic (exact) mass is 391 g/mol. The Kier molecular flexibility index (Phi) is 5.14. The number of aromatic nitrogens is 2. The zero-order valence-electron chi connectivity index (χ0n) is 16.5. The molecule has 2 aliphatic heterocycles. The Hall–Kier alpha value is -2.91. The van der Waals surface area contributed by atoms with Crippen LogP contribution in [0.15, 0.2) is 0 Å². The molecule has 1 aromatic heterocycles. The Morgan fingerprint density at radius 3 is 2.61 bits per heavy atom. The van der Waals surface area contributed by atoms with Crippen LogP contribution < -0.4 is 10.6 Å². The van der Waals surface area contributed by atoms with Crippen molar-refractivity contribution in [2.24, 2.45) is 7.05 Å². The van der Waals surface area contributed by atoms with E-state index < -0.39 is 29.6 Å². The molecule has 0 saturated carbocycles. The lowest BCUT2D eigenvalue weighted by molar-refractivity contribution is -0.134. The van der Waals surface area contributed by atoms with Gasteiger partial charge in [0.15, 0.2) is 5.69 Å². The first-order valence-corrected chi connectivity index (χ1v) is 9.22.